The van der Waals surface area contributed by atoms with Crippen LogP contribution < -0.4 is 0 Å². The number of nitrogens with zero attached hydrogens (tertiary/aromatic N) is 1. The van der Waals surface area contributed by atoms with Crippen LogP contribution in [0.1, 0.15) is 40.0 Å². The average molecular weight is 277 g/mol. The van der Waals surface area contributed by atoms with Crippen LogP contribution in [0.5, 0.6) is 0 Å². The smallest absolute Gasteiger partial charge is 0.338 e. The fourth-order valence-corrected chi connectivity index (χ4v) is 5.80. The normalized spacial score (nSPS) is 13.0. The van der Waals surface area contributed by atoms with E-state index in [2.05, 4.69) is 41.9 Å². The van der Waals surface area contributed by atoms with Crippen molar-refractivity contribution in [1.29, 1.82) is 0 Å². The van der Waals surface area contributed by atoms with Crippen molar-refractivity contribution in [3.8, 4) is 0 Å². The van der Waals surface area contributed by atoms with Crippen molar-refractivity contribution in [2.45, 2.75) is 52.1 Å². The van der Waals surface area contributed by atoms with Gasteiger partial charge in [-0.2, -0.15) is 0 Å². The summed E-state index contributed by atoms with van der Waals surface area (Å²) in [4.78, 5) is 0. The Labute approximate surface area is 115 Å². The lowest BCUT2D eigenvalue weighted by Crippen LogP contribution is -2.44. The molecule has 18 heavy (non-hydrogen) atoms. The monoisotopic (exact) mass is 276 g/mol. The Balaban J connectivity index is 4.40. The number of quaternary nitrogens is 1. The Morgan fingerprint density at radius 1 is 0.833 bits per heavy atom. The molecule has 0 aliphatic carbocycles. The summed E-state index contributed by atoms with van der Waals surface area (Å²) in [5.74, 6) is 0. The summed E-state index contributed by atoms with van der Waals surface area (Å²) in [7, 11) is 4.81. The lowest BCUT2D eigenvalue weighted by Gasteiger charge is -2.31. The van der Waals surface area contributed by atoms with Gasteiger partial charge in [0.25, 0.3) is 0 Å². The molecule has 0 rings (SSSR count). The molecular formula is C14H34NO2Si+. The standard InChI is InChI=1S/C14H34NO2Si/c1-7-10-13-18(16-8-2,17-9-3)14-11-12-15(4,5)6/h7-14H2,1-6H3/q+1. The number of unbranched alkanes of at least 4 members (excludes halogenated alkanes) is 1. The van der Waals surface area contributed by atoms with Gasteiger partial charge in [-0.3, -0.25) is 0 Å². The van der Waals surface area contributed by atoms with Crippen molar-refractivity contribution < 1.29 is 13.3 Å². The van der Waals surface area contributed by atoms with Crippen LogP contribution >= 0.6 is 0 Å². The second kappa shape index (κ2) is 9.07. The van der Waals surface area contributed by atoms with Crippen LogP contribution in [0.4, 0.5) is 0 Å². The molecule has 0 saturated carbocycles. The van der Waals surface area contributed by atoms with Crippen molar-refractivity contribution in [2.24, 2.45) is 0 Å². The van der Waals surface area contributed by atoms with E-state index in [4.69, 9.17) is 8.85 Å². The lowest BCUT2D eigenvalue weighted by atomic mass is 10.4. The summed E-state index contributed by atoms with van der Waals surface area (Å²) in [6, 6.07) is 2.30. The molecule has 0 spiro atoms. The first-order valence-corrected chi connectivity index (χ1v) is 9.70. The first kappa shape index (κ1) is 18.1. The molecule has 0 aromatic rings. The minimum absolute atomic E-state index is 0.792. The molecular weight excluding hydrogens is 242 g/mol. The van der Waals surface area contributed by atoms with Crippen LogP contribution in [0.3, 0.4) is 0 Å². The van der Waals surface area contributed by atoms with Crippen LogP contribution in [0, 0.1) is 0 Å². The van der Waals surface area contributed by atoms with Gasteiger partial charge in [0.1, 0.15) is 0 Å². The maximum absolute atomic E-state index is 6.10. The van der Waals surface area contributed by atoms with Gasteiger partial charge in [-0.25, -0.2) is 0 Å². The van der Waals surface area contributed by atoms with E-state index in [1.54, 1.807) is 0 Å². The van der Waals surface area contributed by atoms with Crippen LogP contribution in [0.25, 0.3) is 0 Å². The number of hydrogen-bond acceptors (Lipinski definition) is 2. The molecule has 0 radical (unpaired) electrons. The second-order valence-corrected chi connectivity index (χ2v) is 9.40. The highest BCUT2D eigenvalue weighted by atomic mass is 28.4. The van der Waals surface area contributed by atoms with E-state index in [-0.39, 0.29) is 0 Å². The molecule has 0 fully saturated rings. The van der Waals surface area contributed by atoms with Crippen molar-refractivity contribution in [2.75, 3.05) is 40.9 Å². The number of hydrogen-bond donors (Lipinski definition) is 0. The summed E-state index contributed by atoms with van der Waals surface area (Å²) in [6.45, 7) is 9.20. The van der Waals surface area contributed by atoms with Crippen LogP contribution in [-0.2, 0) is 8.85 Å². The van der Waals surface area contributed by atoms with E-state index in [9.17, 15) is 0 Å². The third-order valence-electron chi connectivity index (χ3n) is 3.11. The Morgan fingerprint density at radius 2 is 1.33 bits per heavy atom. The van der Waals surface area contributed by atoms with Crippen molar-refractivity contribution in [3.63, 3.8) is 0 Å². The molecule has 0 heterocycles. The Hall–Kier alpha value is 0.0969. The molecule has 0 aromatic carbocycles. The second-order valence-electron chi connectivity index (χ2n) is 6.00. The zero-order valence-corrected chi connectivity index (χ0v) is 14.4. The van der Waals surface area contributed by atoms with Crippen LogP contribution in [-0.4, -0.2) is 53.9 Å². The highest BCUT2D eigenvalue weighted by Crippen LogP contribution is 2.24. The summed E-state index contributed by atoms with van der Waals surface area (Å²) in [5, 5.41) is 0. The molecule has 0 unspecified atom stereocenters. The Bertz CT molecular complexity index is 198. The fraction of sp³-hybridized carbons (Fsp3) is 1.00. The first-order valence-electron chi connectivity index (χ1n) is 7.47. The molecule has 3 nitrogen and oxygen atoms in total. The molecule has 0 atom stereocenters. The van der Waals surface area contributed by atoms with Gasteiger partial charge < -0.3 is 13.3 Å². The van der Waals surface area contributed by atoms with E-state index in [0.717, 1.165) is 29.8 Å². The molecule has 110 valence electrons. The maximum Gasteiger partial charge on any atom is 0.338 e. The van der Waals surface area contributed by atoms with Gasteiger partial charge in [0, 0.05) is 13.2 Å². The summed E-state index contributed by atoms with van der Waals surface area (Å²) >= 11 is 0. The fourth-order valence-electron chi connectivity index (χ4n) is 2.25. The summed E-state index contributed by atoms with van der Waals surface area (Å²) in [5.41, 5.74) is 0. The molecule has 4 heteroatoms. The van der Waals surface area contributed by atoms with Crippen molar-refractivity contribution >= 4 is 8.56 Å². The maximum atomic E-state index is 6.10. The Kier molecular flexibility index (Phi) is 9.12. The van der Waals surface area contributed by atoms with E-state index < -0.39 is 8.56 Å². The molecule has 0 bridgehead atoms. The van der Waals surface area contributed by atoms with Crippen molar-refractivity contribution in [3.05, 3.63) is 0 Å². The number of rotatable bonds is 11. The minimum atomic E-state index is -1.93. The third kappa shape index (κ3) is 8.24. The third-order valence-corrected chi connectivity index (χ3v) is 6.97. The largest absolute Gasteiger partial charge is 0.394 e. The molecule has 0 amide bonds. The molecule has 0 saturated heterocycles. The highest BCUT2D eigenvalue weighted by Gasteiger charge is 2.36. The molecule has 0 aromatic heterocycles. The Morgan fingerprint density at radius 3 is 1.72 bits per heavy atom. The predicted octanol–water partition coefficient (Wildman–Crippen LogP) is 3.40. The van der Waals surface area contributed by atoms with Crippen molar-refractivity contribution in [1.82, 2.24) is 0 Å². The van der Waals surface area contributed by atoms with E-state index in [1.807, 2.05) is 0 Å². The molecule has 0 N–H and O–H groups in total. The lowest BCUT2D eigenvalue weighted by molar-refractivity contribution is -0.870. The molecule has 0 aliphatic heterocycles. The average Bonchev–Trinajstić information content (AvgIpc) is 2.25. The quantitative estimate of drug-likeness (QED) is 0.425. The SMILES string of the molecule is CCCC[Si](CCC[N+](C)(C)C)(OCC)OCC. The van der Waals surface area contributed by atoms with Gasteiger partial charge in [-0.1, -0.05) is 19.8 Å². The van der Waals surface area contributed by atoms with E-state index in [1.165, 1.54) is 25.8 Å². The van der Waals surface area contributed by atoms with Gasteiger partial charge >= 0.3 is 8.56 Å². The summed E-state index contributed by atoms with van der Waals surface area (Å²) < 4.78 is 13.2. The van der Waals surface area contributed by atoms with Crippen LogP contribution in [0.15, 0.2) is 0 Å². The summed E-state index contributed by atoms with van der Waals surface area (Å²) in [6.07, 6.45) is 3.67. The molecule has 0 aliphatic rings. The van der Waals surface area contributed by atoms with Gasteiger partial charge in [-0.15, -0.1) is 0 Å². The van der Waals surface area contributed by atoms with E-state index in [0.29, 0.717) is 0 Å². The van der Waals surface area contributed by atoms with Gasteiger partial charge in [0.2, 0.25) is 0 Å². The van der Waals surface area contributed by atoms with Crippen LogP contribution in [0.2, 0.25) is 12.1 Å². The highest BCUT2D eigenvalue weighted by molar-refractivity contribution is 6.67. The minimum Gasteiger partial charge on any atom is -0.394 e. The van der Waals surface area contributed by atoms with Gasteiger partial charge in [0.15, 0.2) is 0 Å². The topological polar surface area (TPSA) is 18.5 Å². The zero-order valence-electron chi connectivity index (χ0n) is 13.4. The predicted molar refractivity (Wildman–Crippen MR) is 81.0 cm³/mol. The van der Waals surface area contributed by atoms with E-state index >= 15 is 0 Å². The first-order chi connectivity index (χ1) is 8.39. The zero-order chi connectivity index (χ0) is 14.1. The van der Waals surface area contributed by atoms with Gasteiger partial charge in [0.05, 0.1) is 27.7 Å². The van der Waals surface area contributed by atoms with Gasteiger partial charge in [-0.05, 0) is 32.4 Å².